The van der Waals surface area contributed by atoms with E-state index in [-0.39, 0.29) is 0 Å². The first-order valence-electron chi connectivity index (χ1n) is 4.62. The summed E-state index contributed by atoms with van der Waals surface area (Å²) in [5.74, 6) is 2.09. The zero-order chi connectivity index (χ0) is 7.64. The first-order chi connectivity index (χ1) is 5.20. The molecule has 2 heterocycles. The number of piperidine rings is 1. The first-order valence-corrected chi connectivity index (χ1v) is 4.62. The highest BCUT2D eigenvalue weighted by Gasteiger charge is 2.61. The van der Waals surface area contributed by atoms with Crippen LogP contribution in [0.2, 0.25) is 0 Å². The minimum atomic E-state index is 0.543. The van der Waals surface area contributed by atoms with E-state index in [2.05, 4.69) is 18.4 Å². The fourth-order valence-electron chi connectivity index (χ4n) is 3.26. The third-order valence-corrected chi connectivity index (χ3v) is 3.92. The minimum Gasteiger partial charge on any atom is -0.293 e. The molecule has 60 valence electrons. The molecule has 3 rings (SSSR count). The normalized spacial score (nSPS) is 54.5. The molecule has 11 heavy (non-hydrogen) atoms. The van der Waals surface area contributed by atoms with Gasteiger partial charge in [-0.3, -0.25) is 4.90 Å². The summed E-state index contributed by atoms with van der Waals surface area (Å²) in [6.45, 7) is 9.07. The molecule has 1 heteroatoms. The van der Waals surface area contributed by atoms with Crippen LogP contribution in [0.3, 0.4) is 0 Å². The van der Waals surface area contributed by atoms with Crippen molar-refractivity contribution in [1.82, 2.24) is 4.90 Å². The maximum Gasteiger partial charge on any atom is 0.0253 e. The van der Waals surface area contributed by atoms with E-state index in [9.17, 15) is 0 Å². The summed E-state index contributed by atoms with van der Waals surface area (Å²) < 4.78 is 0. The molecule has 0 amide bonds. The third kappa shape index (κ3) is 0.610. The molecule has 0 aromatic carbocycles. The van der Waals surface area contributed by atoms with Crippen LogP contribution < -0.4 is 0 Å². The SMILES string of the molecule is C=C1CN2C[C@H]3C[C@H]3[C@]2(C)C1. The summed E-state index contributed by atoms with van der Waals surface area (Å²) >= 11 is 0. The van der Waals surface area contributed by atoms with Crippen LogP contribution in [-0.2, 0) is 0 Å². The summed E-state index contributed by atoms with van der Waals surface area (Å²) in [5, 5.41) is 0. The highest BCUT2D eigenvalue weighted by atomic mass is 15.3. The van der Waals surface area contributed by atoms with Gasteiger partial charge in [0.25, 0.3) is 0 Å². The molecule has 0 aromatic heterocycles. The molecule has 0 bridgehead atoms. The molecular weight excluding hydrogens is 134 g/mol. The Balaban J connectivity index is 1.98. The zero-order valence-electron chi connectivity index (χ0n) is 7.14. The quantitative estimate of drug-likeness (QED) is 0.473. The smallest absolute Gasteiger partial charge is 0.0253 e. The Bertz CT molecular complexity index is 233. The molecule has 3 atom stereocenters. The lowest BCUT2D eigenvalue weighted by atomic mass is 9.93. The lowest BCUT2D eigenvalue weighted by molar-refractivity contribution is 0.179. The molecule has 3 aliphatic rings. The number of hydrogen-bond acceptors (Lipinski definition) is 1. The van der Waals surface area contributed by atoms with Crippen LogP contribution in [-0.4, -0.2) is 23.5 Å². The molecule has 0 spiro atoms. The molecule has 0 radical (unpaired) electrons. The highest BCUT2D eigenvalue weighted by molar-refractivity contribution is 5.24. The van der Waals surface area contributed by atoms with Crippen LogP contribution in [0.1, 0.15) is 19.8 Å². The standard InChI is InChI=1S/C10H15N/c1-7-4-10(2)9-3-8(9)6-11(10)5-7/h8-9H,1,3-6H2,2H3/t8-,9-,10+/m1/s1. The number of rotatable bonds is 0. The Morgan fingerprint density at radius 1 is 1.64 bits per heavy atom. The number of hydrogen-bond donors (Lipinski definition) is 0. The first kappa shape index (κ1) is 6.24. The summed E-state index contributed by atoms with van der Waals surface area (Å²) in [6, 6.07) is 0. The van der Waals surface area contributed by atoms with Crippen LogP contribution in [0.25, 0.3) is 0 Å². The average Bonchev–Trinajstić information content (AvgIpc) is 2.52. The molecule has 0 N–H and O–H groups in total. The van der Waals surface area contributed by atoms with E-state index in [0.29, 0.717) is 5.54 Å². The van der Waals surface area contributed by atoms with Crippen molar-refractivity contribution in [3.63, 3.8) is 0 Å². The predicted octanol–water partition coefficient (Wildman–Crippen LogP) is 1.66. The summed E-state index contributed by atoms with van der Waals surface area (Å²) in [7, 11) is 0. The third-order valence-electron chi connectivity index (χ3n) is 3.92. The largest absolute Gasteiger partial charge is 0.293 e. The lowest BCUT2D eigenvalue weighted by Crippen LogP contribution is -2.38. The molecular formula is C10H15N. The second-order valence-corrected chi connectivity index (χ2v) is 4.77. The Morgan fingerprint density at radius 2 is 2.45 bits per heavy atom. The maximum atomic E-state index is 4.09. The Labute approximate surface area is 68.1 Å². The van der Waals surface area contributed by atoms with Crippen molar-refractivity contribution in [2.75, 3.05) is 13.1 Å². The van der Waals surface area contributed by atoms with E-state index < -0.39 is 0 Å². The average molecular weight is 149 g/mol. The van der Waals surface area contributed by atoms with Gasteiger partial charge in [0, 0.05) is 18.6 Å². The van der Waals surface area contributed by atoms with E-state index in [4.69, 9.17) is 0 Å². The van der Waals surface area contributed by atoms with Crippen molar-refractivity contribution in [2.45, 2.75) is 25.3 Å². The molecule has 2 saturated heterocycles. The molecule has 0 unspecified atom stereocenters. The van der Waals surface area contributed by atoms with Gasteiger partial charge in [-0.25, -0.2) is 0 Å². The number of fused-ring (bicyclic) bond motifs is 3. The molecule has 0 aromatic rings. The maximum absolute atomic E-state index is 4.09. The zero-order valence-corrected chi connectivity index (χ0v) is 7.14. The Morgan fingerprint density at radius 3 is 3.18 bits per heavy atom. The number of nitrogens with zero attached hydrogens (tertiary/aromatic N) is 1. The fourth-order valence-corrected chi connectivity index (χ4v) is 3.26. The second kappa shape index (κ2) is 1.56. The van der Waals surface area contributed by atoms with E-state index in [1.165, 1.54) is 31.5 Å². The van der Waals surface area contributed by atoms with Gasteiger partial charge in [-0.05, 0) is 31.6 Å². The molecule has 1 saturated carbocycles. The van der Waals surface area contributed by atoms with E-state index >= 15 is 0 Å². The van der Waals surface area contributed by atoms with Crippen molar-refractivity contribution in [2.24, 2.45) is 11.8 Å². The molecule has 1 nitrogen and oxygen atoms in total. The van der Waals surface area contributed by atoms with Crippen molar-refractivity contribution >= 4 is 0 Å². The van der Waals surface area contributed by atoms with Gasteiger partial charge in [0.2, 0.25) is 0 Å². The van der Waals surface area contributed by atoms with Crippen LogP contribution >= 0.6 is 0 Å². The monoisotopic (exact) mass is 149 g/mol. The molecule has 3 fully saturated rings. The van der Waals surface area contributed by atoms with Gasteiger partial charge in [-0.2, -0.15) is 0 Å². The fraction of sp³-hybridized carbons (Fsp3) is 0.800. The Hall–Kier alpha value is -0.300. The van der Waals surface area contributed by atoms with Crippen LogP contribution in [0, 0.1) is 11.8 Å². The minimum absolute atomic E-state index is 0.543. The van der Waals surface area contributed by atoms with Gasteiger partial charge in [-0.1, -0.05) is 12.2 Å². The Kier molecular flexibility index (Phi) is 0.885. The van der Waals surface area contributed by atoms with Crippen molar-refractivity contribution < 1.29 is 0 Å². The van der Waals surface area contributed by atoms with E-state index in [1.54, 1.807) is 0 Å². The van der Waals surface area contributed by atoms with Crippen LogP contribution in [0.15, 0.2) is 12.2 Å². The molecule has 1 aliphatic carbocycles. The van der Waals surface area contributed by atoms with Crippen molar-refractivity contribution in [1.29, 1.82) is 0 Å². The summed E-state index contributed by atoms with van der Waals surface area (Å²) in [4.78, 5) is 2.65. The van der Waals surface area contributed by atoms with Crippen LogP contribution in [0.4, 0.5) is 0 Å². The van der Waals surface area contributed by atoms with E-state index in [0.717, 1.165) is 11.8 Å². The van der Waals surface area contributed by atoms with E-state index in [1.807, 2.05) is 0 Å². The highest BCUT2D eigenvalue weighted by Crippen LogP contribution is 2.59. The van der Waals surface area contributed by atoms with Gasteiger partial charge in [0.05, 0.1) is 0 Å². The van der Waals surface area contributed by atoms with Crippen molar-refractivity contribution in [3.05, 3.63) is 12.2 Å². The van der Waals surface area contributed by atoms with Crippen LogP contribution in [0.5, 0.6) is 0 Å². The lowest BCUT2D eigenvalue weighted by Gasteiger charge is -2.29. The van der Waals surface area contributed by atoms with Gasteiger partial charge in [0.1, 0.15) is 0 Å². The summed E-state index contributed by atoms with van der Waals surface area (Å²) in [6.07, 6.45) is 2.77. The second-order valence-electron chi connectivity index (χ2n) is 4.77. The van der Waals surface area contributed by atoms with Gasteiger partial charge in [0.15, 0.2) is 0 Å². The summed E-state index contributed by atoms with van der Waals surface area (Å²) in [5.41, 5.74) is 2.00. The van der Waals surface area contributed by atoms with Crippen molar-refractivity contribution in [3.8, 4) is 0 Å². The van der Waals surface area contributed by atoms with Gasteiger partial charge in [-0.15, -0.1) is 0 Å². The molecule has 2 aliphatic heterocycles. The van der Waals surface area contributed by atoms with Gasteiger partial charge < -0.3 is 0 Å². The topological polar surface area (TPSA) is 3.24 Å². The predicted molar refractivity (Wildman–Crippen MR) is 45.3 cm³/mol. The van der Waals surface area contributed by atoms with Gasteiger partial charge >= 0.3 is 0 Å².